The number of aryl methyl sites for hydroxylation is 3. The highest BCUT2D eigenvalue weighted by Crippen LogP contribution is 2.35. The third-order valence-electron chi connectivity index (χ3n) is 5.58. The molecule has 2 atom stereocenters. The molecule has 1 aliphatic rings. The standard InChI is InChI=1S/C23H30N2O5S/c1-14-11-16(3)20(12-15(14)2)17(4)24-23(26)18(5)25(31(6,27)28)19-7-8-21-22(13-19)30-10-9-29-21/h7-8,11-13,17-18H,9-10H2,1-6H3,(H,24,26)/t17-,18+/m1/s1. The molecule has 3 rings (SSSR count). The van der Waals surface area contributed by atoms with E-state index in [0.29, 0.717) is 30.4 Å². The molecule has 2 aromatic carbocycles. The lowest BCUT2D eigenvalue weighted by Gasteiger charge is -2.30. The van der Waals surface area contributed by atoms with E-state index in [-0.39, 0.29) is 11.9 Å². The Bertz CT molecular complexity index is 1100. The van der Waals surface area contributed by atoms with Crippen molar-refractivity contribution in [2.75, 3.05) is 23.8 Å². The number of hydrogen-bond donors (Lipinski definition) is 1. The van der Waals surface area contributed by atoms with E-state index in [1.165, 1.54) is 5.56 Å². The molecule has 168 valence electrons. The summed E-state index contributed by atoms with van der Waals surface area (Å²) in [6, 6.07) is 7.81. The fraction of sp³-hybridized carbons (Fsp3) is 0.435. The Kier molecular flexibility index (Phi) is 6.50. The summed E-state index contributed by atoms with van der Waals surface area (Å²) in [5.74, 6) is 0.633. The monoisotopic (exact) mass is 446 g/mol. The first-order valence-electron chi connectivity index (χ1n) is 10.3. The van der Waals surface area contributed by atoms with Crippen molar-refractivity contribution in [2.24, 2.45) is 0 Å². The summed E-state index contributed by atoms with van der Waals surface area (Å²) in [4.78, 5) is 13.1. The molecule has 0 aliphatic carbocycles. The molecule has 1 heterocycles. The number of benzene rings is 2. The highest BCUT2D eigenvalue weighted by molar-refractivity contribution is 7.92. The molecule has 0 saturated heterocycles. The lowest BCUT2D eigenvalue weighted by molar-refractivity contribution is -0.122. The number of hydrogen-bond acceptors (Lipinski definition) is 5. The largest absolute Gasteiger partial charge is 0.486 e. The van der Waals surface area contributed by atoms with E-state index in [2.05, 4.69) is 24.4 Å². The predicted octanol–water partition coefficient (Wildman–Crippen LogP) is 3.41. The van der Waals surface area contributed by atoms with E-state index in [1.54, 1.807) is 25.1 Å². The van der Waals surface area contributed by atoms with Gasteiger partial charge in [0.15, 0.2) is 11.5 Å². The van der Waals surface area contributed by atoms with Crippen LogP contribution >= 0.6 is 0 Å². The van der Waals surface area contributed by atoms with Crippen LogP contribution in [0.3, 0.4) is 0 Å². The molecule has 1 aliphatic heterocycles. The van der Waals surface area contributed by atoms with Crippen LogP contribution in [-0.4, -0.2) is 39.8 Å². The molecule has 0 aromatic heterocycles. The maximum Gasteiger partial charge on any atom is 0.244 e. The first-order chi connectivity index (χ1) is 14.5. The zero-order chi connectivity index (χ0) is 22.9. The minimum Gasteiger partial charge on any atom is -0.486 e. The molecular formula is C23H30N2O5S. The van der Waals surface area contributed by atoms with Gasteiger partial charge in [-0.05, 0) is 69.0 Å². The second kappa shape index (κ2) is 8.78. The van der Waals surface area contributed by atoms with Gasteiger partial charge >= 0.3 is 0 Å². The minimum absolute atomic E-state index is 0.268. The number of fused-ring (bicyclic) bond motifs is 1. The van der Waals surface area contributed by atoms with E-state index in [0.717, 1.165) is 27.3 Å². The Morgan fingerprint density at radius 3 is 2.23 bits per heavy atom. The molecule has 7 nitrogen and oxygen atoms in total. The van der Waals surface area contributed by atoms with Gasteiger partial charge in [-0.3, -0.25) is 9.10 Å². The summed E-state index contributed by atoms with van der Waals surface area (Å²) in [6.45, 7) is 10.4. The zero-order valence-corrected chi connectivity index (χ0v) is 19.7. The first kappa shape index (κ1) is 22.9. The molecule has 1 N–H and O–H groups in total. The molecular weight excluding hydrogens is 416 g/mol. The topological polar surface area (TPSA) is 84.9 Å². The van der Waals surface area contributed by atoms with Gasteiger partial charge in [-0.25, -0.2) is 8.42 Å². The molecule has 0 spiro atoms. The van der Waals surface area contributed by atoms with E-state index in [9.17, 15) is 13.2 Å². The van der Waals surface area contributed by atoms with E-state index in [4.69, 9.17) is 9.47 Å². The van der Waals surface area contributed by atoms with Crippen molar-refractivity contribution in [3.05, 3.63) is 52.6 Å². The number of nitrogens with one attached hydrogen (secondary N) is 1. The van der Waals surface area contributed by atoms with Gasteiger partial charge in [0.1, 0.15) is 19.3 Å². The normalized spacial score (nSPS) is 15.2. The van der Waals surface area contributed by atoms with Crippen LogP contribution in [0.2, 0.25) is 0 Å². The van der Waals surface area contributed by atoms with Crippen LogP contribution in [0.1, 0.15) is 42.1 Å². The summed E-state index contributed by atoms with van der Waals surface area (Å²) in [7, 11) is -3.73. The maximum absolute atomic E-state index is 13.1. The van der Waals surface area contributed by atoms with Crippen molar-refractivity contribution in [1.29, 1.82) is 0 Å². The number of rotatable bonds is 6. The van der Waals surface area contributed by atoms with Crippen LogP contribution < -0.4 is 19.1 Å². The zero-order valence-electron chi connectivity index (χ0n) is 18.9. The second-order valence-corrected chi connectivity index (χ2v) is 9.95. The highest BCUT2D eigenvalue weighted by Gasteiger charge is 2.31. The number of anilines is 1. The van der Waals surface area contributed by atoms with Gasteiger partial charge in [0.05, 0.1) is 18.0 Å². The Labute approximate surface area is 184 Å². The third kappa shape index (κ3) is 4.95. The Morgan fingerprint density at radius 1 is 0.968 bits per heavy atom. The quantitative estimate of drug-likeness (QED) is 0.735. The summed E-state index contributed by atoms with van der Waals surface area (Å²) < 4.78 is 37.4. The van der Waals surface area contributed by atoms with Crippen LogP contribution in [0.15, 0.2) is 30.3 Å². The average molecular weight is 447 g/mol. The van der Waals surface area contributed by atoms with Crippen LogP contribution in [0.25, 0.3) is 0 Å². The third-order valence-corrected chi connectivity index (χ3v) is 6.82. The number of carbonyl (C=O) groups is 1. The first-order valence-corrected chi connectivity index (χ1v) is 12.1. The Morgan fingerprint density at radius 2 is 1.58 bits per heavy atom. The summed E-state index contributed by atoms with van der Waals surface area (Å²) in [5, 5.41) is 2.97. The van der Waals surface area contributed by atoms with Crippen molar-refractivity contribution in [2.45, 2.75) is 46.7 Å². The van der Waals surface area contributed by atoms with Gasteiger partial charge in [-0.2, -0.15) is 0 Å². The summed E-state index contributed by atoms with van der Waals surface area (Å²) in [6.07, 6.45) is 1.09. The molecule has 0 unspecified atom stereocenters. The molecule has 0 fully saturated rings. The number of amides is 1. The van der Waals surface area contributed by atoms with Crippen molar-refractivity contribution in [3.63, 3.8) is 0 Å². The molecule has 0 bridgehead atoms. The number of carbonyl (C=O) groups excluding carboxylic acids is 1. The summed E-state index contributed by atoms with van der Waals surface area (Å²) >= 11 is 0. The average Bonchev–Trinajstić information content (AvgIpc) is 2.69. The van der Waals surface area contributed by atoms with Crippen molar-refractivity contribution >= 4 is 21.6 Å². The fourth-order valence-electron chi connectivity index (χ4n) is 3.84. The van der Waals surface area contributed by atoms with Crippen LogP contribution in [0.5, 0.6) is 11.5 Å². The Balaban J connectivity index is 1.86. The predicted molar refractivity (Wildman–Crippen MR) is 121 cm³/mol. The van der Waals surface area contributed by atoms with Crippen LogP contribution in [0.4, 0.5) is 5.69 Å². The van der Waals surface area contributed by atoms with E-state index >= 15 is 0 Å². The van der Waals surface area contributed by atoms with Crippen LogP contribution in [0, 0.1) is 20.8 Å². The van der Waals surface area contributed by atoms with E-state index < -0.39 is 16.1 Å². The highest BCUT2D eigenvalue weighted by atomic mass is 32.2. The van der Waals surface area contributed by atoms with Gasteiger partial charge in [-0.1, -0.05) is 12.1 Å². The Hall–Kier alpha value is -2.74. The van der Waals surface area contributed by atoms with E-state index in [1.807, 2.05) is 20.8 Å². The maximum atomic E-state index is 13.1. The molecule has 0 radical (unpaired) electrons. The SMILES string of the molecule is Cc1cc(C)c([C@@H](C)NC(=O)[C@H](C)N(c2ccc3c(c2)OCCO3)S(C)(=O)=O)cc1C. The lowest BCUT2D eigenvalue weighted by Crippen LogP contribution is -2.48. The van der Waals surface area contributed by atoms with Gasteiger partial charge in [0.25, 0.3) is 0 Å². The summed E-state index contributed by atoms with van der Waals surface area (Å²) in [5.41, 5.74) is 4.77. The van der Waals surface area contributed by atoms with Crippen molar-refractivity contribution in [1.82, 2.24) is 5.32 Å². The van der Waals surface area contributed by atoms with Crippen molar-refractivity contribution < 1.29 is 22.7 Å². The molecule has 0 saturated carbocycles. The lowest BCUT2D eigenvalue weighted by atomic mass is 9.96. The van der Waals surface area contributed by atoms with Gasteiger partial charge in [0, 0.05) is 6.07 Å². The minimum atomic E-state index is -3.73. The molecule has 2 aromatic rings. The van der Waals surface area contributed by atoms with Gasteiger partial charge in [0.2, 0.25) is 15.9 Å². The molecule has 8 heteroatoms. The van der Waals surface area contributed by atoms with Gasteiger partial charge in [-0.15, -0.1) is 0 Å². The number of ether oxygens (including phenoxy) is 2. The number of nitrogens with zero attached hydrogens (tertiary/aromatic N) is 1. The molecule has 31 heavy (non-hydrogen) atoms. The number of sulfonamides is 1. The smallest absolute Gasteiger partial charge is 0.244 e. The van der Waals surface area contributed by atoms with Crippen molar-refractivity contribution in [3.8, 4) is 11.5 Å². The second-order valence-electron chi connectivity index (χ2n) is 8.09. The molecule has 1 amide bonds. The van der Waals surface area contributed by atoms with Gasteiger partial charge < -0.3 is 14.8 Å². The van der Waals surface area contributed by atoms with Crippen LogP contribution in [-0.2, 0) is 14.8 Å². The fourth-order valence-corrected chi connectivity index (χ4v) is 5.01.